The lowest BCUT2D eigenvalue weighted by Gasteiger charge is -2.23. The van der Waals surface area contributed by atoms with Crippen LogP contribution < -0.4 is 18.9 Å². The molecular formula is C40H46Br2O8. The fourth-order valence-electron chi connectivity index (χ4n) is 6.25. The number of benzene rings is 4. The van der Waals surface area contributed by atoms with E-state index in [2.05, 4.69) is 92.5 Å². The van der Waals surface area contributed by atoms with Gasteiger partial charge in [0.1, 0.15) is 49.4 Å². The molecule has 8 nitrogen and oxygen atoms in total. The summed E-state index contributed by atoms with van der Waals surface area (Å²) in [5.74, 6) is 3.34. The van der Waals surface area contributed by atoms with Crippen LogP contribution in [-0.4, -0.2) is 81.3 Å². The first-order valence-corrected chi connectivity index (χ1v) is 18.3. The Kier molecular flexibility index (Phi) is 14.8. The largest absolute Gasteiger partial charge is 0.491 e. The van der Waals surface area contributed by atoms with Gasteiger partial charge in [0.2, 0.25) is 0 Å². The quantitative estimate of drug-likeness (QED) is 0.0930. The number of rotatable bonds is 16. The Bertz CT molecular complexity index is 1490. The van der Waals surface area contributed by atoms with E-state index in [1.54, 1.807) is 28.4 Å². The van der Waals surface area contributed by atoms with Crippen LogP contribution in [0.25, 0.3) is 0 Å². The molecule has 0 aromatic heterocycles. The molecule has 5 rings (SSSR count). The number of halogens is 2. The third-order valence-corrected chi connectivity index (χ3v) is 9.35. The predicted octanol–water partition coefficient (Wildman–Crippen LogP) is 7.99. The van der Waals surface area contributed by atoms with Crippen LogP contribution in [-0.2, 0) is 44.6 Å². The molecule has 268 valence electrons. The number of ether oxygens (including phenoxy) is 8. The molecule has 1 aliphatic carbocycles. The monoisotopic (exact) mass is 812 g/mol. The normalized spacial score (nSPS) is 12.4. The molecule has 8 bridgehead atoms. The molecular weight excluding hydrogens is 768 g/mol. The molecule has 0 radical (unpaired) electrons. The Morgan fingerprint density at radius 1 is 0.380 bits per heavy atom. The van der Waals surface area contributed by atoms with Crippen LogP contribution in [0.15, 0.2) is 69.6 Å². The molecule has 0 N–H and O–H groups in total. The number of para-hydroxylation sites is 2. The minimum absolute atomic E-state index is 0.419. The van der Waals surface area contributed by atoms with Crippen LogP contribution in [0.4, 0.5) is 0 Å². The van der Waals surface area contributed by atoms with Gasteiger partial charge in [-0.1, -0.05) is 68.3 Å². The second kappa shape index (κ2) is 19.5. The van der Waals surface area contributed by atoms with Crippen LogP contribution in [0.1, 0.15) is 44.5 Å². The van der Waals surface area contributed by atoms with E-state index in [4.69, 9.17) is 37.9 Å². The molecule has 0 saturated carbocycles. The lowest BCUT2D eigenvalue weighted by molar-refractivity contribution is 0.144. The number of hydrogen-bond acceptors (Lipinski definition) is 8. The van der Waals surface area contributed by atoms with Gasteiger partial charge in [-0.05, 0) is 46.5 Å². The van der Waals surface area contributed by atoms with E-state index in [1.165, 1.54) is 0 Å². The summed E-state index contributed by atoms with van der Waals surface area (Å²) in [5.41, 5.74) is 8.36. The van der Waals surface area contributed by atoms with Gasteiger partial charge in [-0.3, -0.25) is 0 Å². The zero-order chi connectivity index (χ0) is 35.3. The van der Waals surface area contributed by atoms with Crippen molar-refractivity contribution in [3.63, 3.8) is 0 Å². The van der Waals surface area contributed by atoms with Gasteiger partial charge in [0.25, 0.3) is 0 Å². The third kappa shape index (κ3) is 10.0. The second-order valence-electron chi connectivity index (χ2n) is 12.0. The van der Waals surface area contributed by atoms with Crippen molar-refractivity contribution in [2.24, 2.45) is 0 Å². The highest BCUT2D eigenvalue weighted by Crippen LogP contribution is 2.40. The molecule has 0 spiro atoms. The van der Waals surface area contributed by atoms with Crippen molar-refractivity contribution < 1.29 is 37.9 Å². The Labute approximate surface area is 312 Å². The molecule has 4 aromatic carbocycles. The summed E-state index contributed by atoms with van der Waals surface area (Å²) in [4.78, 5) is 0. The second-order valence-corrected chi connectivity index (χ2v) is 13.8. The van der Waals surface area contributed by atoms with Crippen LogP contribution in [0.5, 0.6) is 23.0 Å². The van der Waals surface area contributed by atoms with Crippen molar-refractivity contribution >= 4 is 31.9 Å². The zero-order valence-electron chi connectivity index (χ0n) is 29.3. The first-order valence-electron chi connectivity index (χ1n) is 16.8. The Morgan fingerprint density at radius 2 is 0.620 bits per heavy atom. The maximum atomic E-state index is 6.54. The van der Waals surface area contributed by atoms with Crippen LogP contribution in [0.2, 0.25) is 0 Å². The molecule has 0 fully saturated rings. The smallest absolute Gasteiger partial charge is 0.126 e. The van der Waals surface area contributed by atoms with Gasteiger partial charge in [-0.15, -0.1) is 0 Å². The van der Waals surface area contributed by atoms with Crippen LogP contribution >= 0.6 is 31.9 Å². The first kappa shape index (κ1) is 38.1. The molecule has 0 unspecified atom stereocenters. The molecule has 0 amide bonds. The van der Waals surface area contributed by atoms with E-state index < -0.39 is 0 Å². The van der Waals surface area contributed by atoms with E-state index in [0.29, 0.717) is 78.5 Å². The molecule has 0 saturated heterocycles. The van der Waals surface area contributed by atoms with E-state index in [-0.39, 0.29) is 0 Å². The standard InChI is InChI=1S/C40H46Br2O8/c1-43-11-15-47-37-27-7-5-8-28(37)20-32-24-36(42)26-34(40(32)50-18-14-46-4)22-30-10-6-9-29(38(30)48-16-12-44-2)21-33-25-35(41)23-31(19-27)39(33)49-17-13-45-3/h5-10,23-26H,11-22H2,1-4H3. The molecule has 1 aliphatic rings. The van der Waals surface area contributed by atoms with Crippen LogP contribution in [0, 0.1) is 0 Å². The minimum Gasteiger partial charge on any atom is -0.491 e. The van der Waals surface area contributed by atoms with Gasteiger partial charge in [0.15, 0.2) is 0 Å². The minimum atomic E-state index is 0.419. The summed E-state index contributed by atoms with van der Waals surface area (Å²) < 4.78 is 49.6. The predicted molar refractivity (Wildman–Crippen MR) is 202 cm³/mol. The van der Waals surface area contributed by atoms with Gasteiger partial charge < -0.3 is 37.9 Å². The third-order valence-electron chi connectivity index (χ3n) is 8.43. The lowest BCUT2D eigenvalue weighted by Crippen LogP contribution is -2.13. The van der Waals surface area contributed by atoms with Gasteiger partial charge in [-0.25, -0.2) is 0 Å². The molecule has 4 aromatic rings. The molecule has 10 heteroatoms. The molecule has 0 atom stereocenters. The fraction of sp³-hybridized carbons (Fsp3) is 0.400. The molecule has 50 heavy (non-hydrogen) atoms. The van der Waals surface area contributed by atoms with Gasteiger partial charge >= 0.3 is 0 Å². The topological polar surface area (TPSA) is 73.8 Å². The highest BCUT2D eigenvalue weighted by Gasteiger charge is 2.23. The highest BCUT2D eigenvalue weighted by atomic mass is 79.9. The first-order chi connectivity index (χ1) is 24.4. The van der Waals surface area contributed by atoms with Crippen molar-refractivity contribution in [2.75, 3.05) is 81.3 Å². The summed E-state index contributed by atoms with van der Waals surface area (Å²) in [6, 6.07) is 21.2. The Balaban J connectivity index is 1.76. The van der Waals surface area contributed by atoms with Crippen LogP contribution in [0.3, 0.4) is 0 Å². The Hall–Kier alpha value is -3.12. The van der Waals surface area contributed by atoms with E-state index in [1.807, 2.05) is 0 Å². The maximum absolute atomic E-state index is 6.54. The average molecular weight is 815 g/mol. The van der Waals surface area contributed by atoms with E-state index in [0.717, 1.165) is 76.5 Å². The van der Waals surface area contributed by atoms with Gasteiger partial charge in [0.05, 0.1) is 26.4 Å². The highest BCUT2D eigenvalue weighted by molar-refractivity contribution is 9.10. The summed E-state index contributed by atoms with van der Waals surface area (Å²) in [7, 11) is 6.73. The fourth-order valence-corrected chi connectivity index (χ4v) is 7.36. The molecule has 0 heterocycles. The average Bonchev–Trinajstić information content (AvgIpc) is 3.09. The Morgan fingerprint density at radius 3 is 0.860 bits per heavy atom. The summed E-state index contributed by atoms with van der Waals surface area (Å²) in [6.07, 6.45) is 2.35. The van der Waals surface area contributed by atoms with Crippen molar-refractivity contribution in [2.45, 2.75) is 25.7 Å². The SMILES string of the molecule is COCCOc1c2cccc1Cc1cc(Br)cc(c1OCCOC)Cc1cccc(c1OCCOC)Cc1cc(Br)cc(c1OCCOC)C2. The van der Waals surface area contributed by atoms with Crippen molar-refractivity contribution in [3.8, 4) is 23.0 Å². The number of hydrogen-bond donors (Lipinski definition) is 0. The summed E-state index contributed by atoms with van der Waals surface area (Å²) in [5, 5.41) is 0. The number of methoxy groups -OCH3 is 4. The van der Waals surface area contributed by atoms with E-state index in [9.17, 15) is 0 Å². The maximum Gasteiger partial charge on any atom is 0.126 e. The van der Waals surface area contributed by atoms with Gasteiger partial charge in [-0.2, -0.15) is 0 Å². The lowest BCUT2D eigenvalue weighted by atomic mass is 9.91. The van der Waals surface area contributed by atoms with Crippen molar-refractivity contribution in [1.29, 1.82) is 0 Å². The summed E-state index contributed by atoms with van der Waals surface area (Å²) in [6.45, 7) is 3.56. The summed E-state index contributed by atoms with van der Waals surface area (Å²) >= 11 is 7.64. The zero-order valence-corrected chi connectivity index (χ0v) is 32.5. The van der Waals surface area contributed by atoms with Crippen molar-refractivity contribution in [3.05, 3.63) is 114 Å². The molecule has 0 aliphatic heterocycles. The van der Waals surface area contributed by atoms with Crippen molar-refractivity contribution in [1.82, 2.24) is 0 Å². The number of fused-ring (bicyclic) bond motifs is 8. The van der Waals surface area contributed by atoms with Gasteiger partial charge in [0, 0.05) is 85.3 Å². The van der Waals surface area contributed by atoms with E-state index >= 15 is 0 Å².